The predicted molar refractivity (Wildman–Crippen MR) is 141 cm³/mol. The van der Waals surface area contributed by atoms with Crippen LogP contribution in [-0.4, -0.2) is 31.8 Å². The average molecular weight is 490 g/mol. The molecule has 0 unspecified atom stereocenters. The van der Waals surface area contributed by atoms with E-state index in [2.05, 4.69) is 11.6 Å². The molecule has 0 saturated heterocycles. The summed E-state index contributed by atoms with van der Waals surface area (Å²) in [5, 5.41) is 8.54. The molecular weight excluding hydrogens is 434 g/mol. The summed E-state index contributed by atoms with van der Waals surface area (Å²) in [5.41, 5.74) is 0. The molecule has 0 radical (unpaired) electrons. The highest BCUT2D eigenvalue weighted by molar-refractivity contribution is 7.89. The van der Waals surface area contributed by atoms with Crippen molar-refractivity contribution in [3.63, 3.8) is 0 Å². The first kappa shape index (κ1) is 32.4. The highest BCUT2D eigenvalue weighted by Crippen LogP contribution is 2.15. The van der Waals surface area contributed by atoms with Crippen molar-refractivity contribution in [1.82, 2.24) is 4.72 Å². The van der Waals surface area contributed by atoms with Gasteiger partial charge in [-0.25, -0.2) is 13.1 Å². The zero-order chi connectivity index (χ0) is 24.5. The third-order valence-corrected chi connectivity index (χ3v) is 7.90. The van der Waals surface area contributed by atoms with Crippen molar-refractivity contribution in [1.29, 1.82) is 0 Å². The molecule has 0 aliphatic heterocycles. The second-order valence-corrected chi connectivity index (χ2v) is 11.7. The van der Waals surface area contributed by atoms with Gasteiger partial charge in [0.25, 0.3) is 0 Å². The lowest BCUT2D eigenvalue weighted by atomic mass is 10.0. The van der Waals surface area contributed by atoms with Gasteiger partial charge in [0, 0.05) is 6.54 Å². The zero-order valence-electron chi connectivity index (χ0n) is 21.8. The molecule has 0 heterocycles. The van der Waals surface area contributed by atoms with E-state index in [1.807, 2.05) is 0 Å². The number of unbranched alkanes of at least 4 members (excludes halogenated alkanes) is 21. The van der Waals surface area contributed by atoms with Crippen LogP contribution in [0.4, 0.5) is 0 Å². The molecule has 5 nitrogen and oxygen atoms in total. The Balaban J connectivity index is 3.19. The van der Waals surface area contributed by atoms with Crippen molar-refractivity contribution in [3.05, 3.63) is 0 Å². The molecule has 0 saturated carbocycles. The Kier molecular flexibility index (Phi) is 24.0. The van der Waals surface area contributed by atoms with Crippen molar-refractivity contribution < 1.29 is 18.3 Å². The summed E-state index contributed by atoms with van der Waals surface area (Å²) in [6.07, 6.45) is 28.8. The van der Waals surface area contributed by atoms with Gasteiger partial charge in [-0.3, -0.25) is 4.79 Å². The normalized spacial score (nSPS) is 11.8. The van der Waals surface area contributed by atoms with E-state index in [4.69, 9.17) is 5.11 Å². The van der Waals surface area contributed by atoms with Crippen molar-refractivity contribution in [2.75, 3.05) is 12.3 Å². The van der Waals surface area contributed by atoms with Crippen LogP contribution >= 0.6 is 0 Å². The number of carboxylic acid groups (broad SMARTS) is 1. The summed E-state index contributed by atoms with van der Waals surface area (Å²) >= 11 is 0. The van der Waals surface area contributed by atoms with Crippen LogP contribution in [0.25, 0.3) is 0 Å². The van der Waals surface area contributed by atoms with Crippen LogP contribution in [0.5, 0.6) is 0 Å². The molecule has 0 aromatic heterocycles. The first-order chi connectivity index (χ1) is 16.0. The van der Waals surface area contributed by atoms with Crippen LogP contribution in [-0.2, 0) is 14.8 Å². The molecule has 0 bridgehead atoms. The van der Waals surface area contributed by atoms with Crippen LogP contribution in [0.3, 0.4) is 0 Å². The molecule has 0 rings (SSSR count). The van der Waals surface area contributed by atoms with Crippen LogP contribution < -0.4 is 4.72 Å². The Morgan fingerprint density at radius 1 is 0.576 bits per heavy atom. The van der Waals surface area contributed by atoms with Gasteiger partial charge in [-0.05, 0) is 6.42 Å². The maximum atomic E-state index is 11.7. The molecule has 198 valence electrons. The smallest absolute Gasteiger partial charge is 0.304 e. The highest BCUT2D eigenvalue weighted by Gasteiger charge is 2.09. The quantitative estimate of drug-likeness (QED) is 0.115. The number of aliphatic carboxylic acids is 1. The molecular formula is C27H55NO4S. The molecule has 0 fully saturated rings. The number of hydrogen-bond donors (Lipinski definition) is 2. The topological polar surface area (TPSA) is 83.5 Å². The van der Waals surface area contributed by atoms with Crippen LogP contribution in [0.2, 0.25) is 0 Å². The zero-order valence-corrected chi connectivity index (χ0v) is 22.6. The SMILES string of the molecule is CCCCCCCCCCCCCCCCCCCCCCCCS(=O)(=O)NCCC(=O)O. The summed E-state index contributed by atoms with van der Waals surface area (Å²) in [5.74, 6) is -0.881. The van der Waals surface area contributed by atoms with E-state index in [1.54, 1.807) is 0 Å². The van der Waals surface area contributed by atoms with Gasteiger partial charge in [0.15, 0.2) is 0 Å². The van der Waals surface area contributed by atoms with Gasteiger partial charge in [-0.15, -0.1) is 0 Å². The first-order valence-corrected chi connectivity index (χ1v) is 15.8. The van der Waals surface area contributed by atoms with Gasteiger partial charge in [0.2, 0.25) is 10.0 Å². The second-order valence-electron chi connectivity index (χ2n) is 9.78. The number of hydrogen-bond acceptors (Lipinski definition) is 3. The van der Waals surface area contributed by atoms with Crippen molar-refractivity contribution in [3.8, 4) is 0 Å². The lowest BCUT2D eigenvalue weighted by Crippen LogP contribution is -2.28. The molecule has 0 aromatic carbocycles. The third-order valence-electron chi connectivity index (χ3n) is 6.43. The van der Waals surface area contributed by atoms with Crippen molar-refractivity contribution in [2.24, 2.45) is 0 Å². The third kappa shape index (κ3) is 27.5. The number of rotatable bonds is 27. The standard InChI is InChI=1S/C27H55NO4S/c1-2-3-4-5-6-7-8-9-10-11-12-13-14-15-16-17-18-19-20-21-22-23-26-33(31,32)28-25-24-27(29)30/h28H,2-26H2,1H3,(H,29,30). The Morgan fingerprint density at radius 3 is 1.18 bits per heavy atom. The van der Waals surface area contributed by atoms with Crippen LogP contribution in [0.15, 0.2) is 0 Å². The molecule has 33 heavy (non-hydrogen) atoms. The minimum atomic E-state index is -3.32. The molecule has 0 aliphatic carbocycles. The van der Waals surface area contributed by atoms with Gasteiger partial charge in [-0.1, -0.05) is 142 Å². The number of carboxylic acids is 1. The summed E-state index contributed by atoms with van der Waals surface area (Å²) in [4.78, 5) is 10.4. The Hall–Kier alpha value is -0.620. The summed E-state index contributed by atoms with van der Waals surface area (Å²) in [6, 6.07) is 0. The molecule has 0 atom stereocenters. The summed E-state index contributed by atoms with van der Waals surface area (Å²) in [7, 11) is -3.32. The fourth-order valence-corrected chi connectivity index (χ4v) is 5.43. The van der Waals surface area contributed by atoms with Gasteiger partial charge in [0.1, 0.15) is 0 Å². The predicted octanol–water partition coefficient (Wildman–Crippen LogP) is 7.98. The highest BCUT2D eigenvalue weighted by atomic mass is 32.2. The van der Waals surface area contributed by atoms with Crippen molar-refractivity contribution >= 4 is 16.0 Å². The van der Waals surface area contributed by atoms with Crippen LogP contribution in [0.1, 0.15) is 155 Å². The van der Waals surface area contributed by atoms with Gasteiger partial charge in [-0.2, -0.15) is 0 Å². The molecule has 6 heteroatoms. The minimum Gasteiger partial charge on any atom is -0.481 e. The maximum absolute atomic E-state index is 11.7. The van der Waals surface area contributed by atoms with E-state index in [-0.39, 0.29) is 18.7 Å². The number of carbonyl (C=O) groups is 1. The average Bonchev–Trinajstić information content (AvgIpc) is 2.76. The monoisotopic (exact) mass is 489 g/mol. The van der Waals surface area contributed by atoms with E-state index < -0.39 is 16.0 Å². The lowest BCUT2D eigenvalue weighted by molar-refractivity contribution is -0.136. The van der Waals surface area contributed by atoms with Gasteiger partial charge >= 0.3 is 5.97 Å². The maximum Gasteiger partial charge on any atom is 0.304 e. The van der Waals surface area contributed by atoms with Crippen LogP contribution in [0, 0.1) is 0 Å². The summed E-state index contributed by atoms with van der Waals surface area (Å²) in [6.45, 7) is 2.26. The van der Waals surface area contributed by atoms with E-state index >= 15 is 0 Å². The van der Waals surface area contributed by atoms with E-state index in [1.165, 1.54) is 122 Å². The van der Waals surface area contributed by atoms with E-state index in [0.29, 0.717) is 6.42 Å². The molecule has 0 aromatic rings. The van der Waals surface area contributed by atoms with Gasteiger partial charge < -0.3 is 5.11 Å². The Bertz CT molecular complexity index is 522. The molecule has 0 aliphatic rings. The summed E-state index contributed by atoms with van der Waals surface area (Å²) < 4.78 is 25.8. The number of nitrogens with one attached hydrogen (secondary N) is 1. The molecule has 0 amide bonds. The molecule has 0 spiro atoms. The fourth-order valence-electron chi connectivity index (χ4n) is 4.29. The Morgan fingerprint density at radius 2 is 0.879 bits per heavy atom. The minimum absolute atomic E-state index is 0.0169. The second kappa shape index (κ2) is 24.5. The van der Waals surface area contributed by atoms with Crippen molar-refractivity contribution in [2.45, 2.75) is 155 Å². The van der Waals surface area contributed by atoms with E-state index in [9.17, 15) is 13.2 Å². The lowest BCUT2D eigenvalue weighted by Gasteiger charge is -2.06. The van der Waals surface area contributed by atoms with E-state index in [0.717, 1.165) is 12.8 Å². The fraction of sp³-hybridized carbons (Fsp3) is 0.963. The van der Waals surface area contributed by atoms with Gasteiger partial charge in [0.05, 0.1) is 12.2 Å². The largest absolute Gasteiger partial charge is 0.481 e. The molecule has 2 N–H and O–H groups in total. The number of sulfonamides is 1. The first-order valence-electron chi connectivity index (χ1n) is 14.2. The Labute approximate surface area is 205 Å².